The average molecular weight is 442 g/mol. The highest BCUT2D eigenvalue weighted by atomic mass is 32.2. The number of benzene rings is 2. The Morgan fingerprint density at radius 2 is 1.94 bits per heavy atom. The molecule has 0 aliphatic carbocycles. The van der Waals surface area contributed by atoms with Crippen LogP contribution in [0.1, 0.15) is 29.8 Å². The Balaban J connectivity index is 2.26. The summed E-state index contributed by atoms with van der Waals surface area (Å²) in [6.07, 6.45) is 3.60. The maximum absolute atomic E-state index is 13.2. The van der Waals surface area contributed by atoms with E-state index < -0.39 is 0 Å². The van der Waals surface area contributed by atoms with Gasteiger partial charge in [-0.3, -0.25) is 4.79 Å². The van der Waals surface area contributed by atoms with Gasteiger partial charge in [-0.2, -0.15) is 4.99 Å². The molecule has 0 aliphatic heterocycles. The molecule has 5 N–H and O–H groups in total. The molecule has 0 saturated heterocycles. The van der Waals surface area contributed by atoms with Crippen molar-refractivity contribution in [3.05, 3.63) is 84.0 Å². The molecule has 31 heavy (non-hydrogen) atoms. The van der Waals surface area contributed by atoms with Gasteiger partial charge in [0.2, 0.25) is 5.96 Å². The molecule has 0 bridgehead atoms. The quantitative estimate of drug-likeness (QED) is 0.124. The van der Waals surface area contributed by atoms with Crippen molar-refractivity contribution in [1.82, 2.24) is 16.1 Å². The van der Waals surface area contributed by atoms with Crippen LogP contribution < -0.4 is 21.9 Å². The van der Waals surface area contributed by atoms with E-state index in [0.717, 1.165) is 10.5 Å². The van der Waals surface area contributed by atoms with Gasteiger partial charge in [-0.15, -0.1) is 11.8 Å². The molecule has 2 aromatic carbocycles. The Labute approximate surface area is 186 Å². The molecule has 2 rings (SSSR count). The van der Waals surface area contributed by atoms with E-state index in [1.165, 1.54) is 12.1 Å². The van der Waals surface area contributed by atoms with Gasteiger partial charge in [0.05, 0.1) is 0 Å². The van der Waals surface area contributed by atoms with Crippen LogP contribution in [0.5, 0.6) is 0 Å². The van der Waals surface area contributed by atoms with Gasteiger partial charge in [-0.05, 0) is 59.7 Å². The number of nitrogens with one attached hydrogen (secondary N) is 3. The Kier molecular flexibility index (Phi) is 9.30. The summed E-state index contributed by atoms with van der Waals surface area (Å²) in [6.45, 7) is 8.67. The molecule has 0 aromatic heterocycles. The summed E-state index contributed by atoms with van der Waals surface area (Å²) in [4.78, 5) is 17.9. The number of carbonyl (C=O) groups is 1. The number of aliphatic imine (C=N–C) groups is 1. The third kappa shape index (κ3) is 7.92. The molecule has 164 valence electrons. The minimum Gasteiger partial charge on any atom is -0.355 e. The van der Waals surface area contributed by atoms with Crippen LogP contribution in [0.2, 0.25) is 0 Å². The van der Waals surface area contributed by atoms with Gasteiger partial charge in [0.25, 0.3) is 5.91 Å². The third-order valence-electron chi connectivity index (χ3n) is 4.15. The van der Waals surface area contributed by atoms with Crippen LogP contribution in [-0.2, 0) is 0 Å². The zero-order valence-electron chi connectivity index (χ0n) is 17.9. The topological polar surface area (TPSA) is 91.5 Å². The summed E-state index contributed by atoms with van der Waals surface area (Å²) in [5, 5.41) is 6.13. The van der Waals surface area contributed by atoms with Crippen LogP contribution in [0.4, 0.5) is 4.39 Å². The van der Waals surface area contributed by atoms with Gasteiger partial charge < -0.3 is 16.1 Å². The molecular formula is C23H28FN5OS. The molecule has 0 spiro atoms. The average Bonchev–Trinajstić information content (AvgIpc) is 2.77. The number of hydrazine groups is 1. The fourth-order valence-electron chi connectivity index (χ4n) is 2.50. The van der Waals surface area contributed by atoms with Crippen LogP contribution >= 0.6 is 11.8 Å². The van der Waals surface area contributed by atoms with E-state index in [9.17, 15) is 9.18 Å². The number of guanidine groups is 1. The van der Waals surface area contributed by atoms with Crippen LogP contribution in [-0.4, -0.2) is 24.7 Å². The minimum absolute atomic E-state index is 0.254. The summed E-state index contributed by atoms with van der Waals surface area (Å²) in [5.41, 5.74) is 4.36. The first-order valence-corrected chi connectivity index (χ1v) is 11.0. The number of amides is 1. The van der Waals surface area contributed by atoms with Crippen LogP contribution in [0.25, 0.3) is 5.57 Å². The summed E-state index contributed by atoms with van der Waals surface area (Å²) in [6, 6.07) is 13.2. The number of nitrogens with two attached hydrogens (primary N) is 1. The zero-order chi connectivity index (χ0) is 22.8. The second-order valence-corrected chi connectivity index (χ2v) is 8.01. The first-order valence-electron chi connectivity index (χ1n) is 9.73. The number of thioether (sulfide) groups is 1. The van der Waals surface area contributed by atoms with Gasteiger partial charge >= 0.3 is 0 Å². The molecule has 0 heterocycles. The Hall–Kier alpha value is -3.10. The Morgan fingerprint density at radius 1 is 1.23 bits per heavy atom. The molecule has 0 aliphatic rings. The van der Waals surface area contributed by atoms with Crippen molar-refractivity contribution in [2.75, 3.05) is 12.8 Å². The molecule has 6 nitrogen and oxygen atoms in total. The number of nitrogens with zero attached hydrogens (tertiary/aromatic N) is 1. The van der Waals surface area contributed by atoms with Gasteiger partial charge in [0.15, 0.2) is 0 Å². The monoisotopic (exact) mass is 441 g/mol. The summed E-state index contributed by atoms with van der Waals surface area (Å²) in [7, 11) is 0. The van der Waals surface area contributed by atoms with Gasteiger partial charge in [0.1, 0.15) is 11.6 Å². The predicted octanol–water partition coefficient (Wildman–Crippen LogP) is 3.90. The highest BCUT2D eigenvalue weighted by molar-refractivity contribution is 7.98. The van der Waals surface area contributed by atoms with E-state index in [1.54, 1.807) is 42.1 Å². The fourth-order valence-corrected chi connectivity index (χ4v) is 2.96. The molecule has 8 heteroatoms. The standard InChI is InChI=1S/C23H28FN5OS/c1-15(2)14-26-23(28-22(30)18-6-5-7-20(13-18)31-4)27-21(29-25)12-16(3)17-8-10-19(24)11-9-17/h5-13,15,29H,3,14,25H2,1-2,4H3,(H2,26,27,28,30)/b21-12-. The third-order valence-corrected chi connectivity index (χ3v) is 4.88. The molecule has 0 fully saturated rings. The van der Waals surface area contributed by atoms with Gasteiger partial charge in [-0.1, -0.05) is 38.6 Å². The zero-order valence-corrected chi connectivity index (χ0v) is 18.7. The summed E-state index contributed by atoms with van der Waals surface area (Å²) in [5.74, 6) is 5.90. The number of hydrogen-bond acceptors (Lipinski definition) is 4. The number of halogens is 1. The molecule has 0 radical (unpaired) electrons. The second kappa shape index (κ2) is 11.9. The van der Waals surface area contributed by atoms with E-state index in [2.05, 4.69) is 27.6 Å². The maximum Gasteiger partial charge on any atom is 0.280 e. The van der Waals surface area contributed by atoms with Crippen molar-refractivity contribution in [3.63, 3.8) is 0 Å². The van der Waals surface area contributed by atoms with E-state index in [4.69, 9.17) is 5.84 Å². The van der Waals surface area contributed by atoms with Crippen molar-refractivity contribution >= 4 is 29.2 Å². The SMILES string of the molecule is C=C(/C=C(\NN)N/C(=N\C(=O)c1cccc(SC)c1)NCC(C)C)c1ccc(F)cc1. The van der Waals surface area contributed by atoms with Gasteiger partial charge in [0, 0.05) is 17.0 Å². The van der Waals surface area contributed by atoms with Crippen LogP contribution in [0.3, 0.4) is 0 Å². The second-order valence-electron chi connectivity index (χ2n) is 7.13. The first-order chi connectivity index (χ1) is 14.8. The van der Waals surface area contributed by atoms with Crippen LogP contribution in [0, 0.1) is 11.7 Å². The molecule has 0 atom stereocenters. The van der Waals surface area contributed by atoms with E-state index in [1.807, 2.05) is 32.2 Å². The van der Waals surface area contributed by atoms with E-state index in [-0.39, 0.29) is 17.7 Å². The molecule has 0 unspecified atom stereocenters. The lowest BCUT2D eigenvalue weighted by molar-refractivity contribution is 0.100. The summed E-state index contributed by atoms with van der Waals surface area (Å²) < 4.78 is 13.2. The largest absolute Gasteiger partial charge is 0.355 e. The van der Waals surface area contributed by atoms with Crippen molar-refractivity contribution < 1.29 is 9.18 Å². The minimum atomic E-state index is -0.386. The smallest absolute Gasteiger partial charge is 0.280 e. The lowest BCUT2D eigenvalue weighted by Crippen LogP contribution is -2.44. The number of hydrogen-bond donors (Lipinski definition) is 4. The highest BCUT2D eigenvalue weighted by Gasteiger charge is 2.10. The lowest BCUT2D eigenvalue weighted by atomic mass is 10.1. The van der Waals surface area contributed by atoms with E-state index in [0.29, 0.717) is 29.4 Å². The van der Waals surface area contributed by atoms with Gasteiger partial charge in [-0.25, -0.2) is 10.2 Å². The lowest BCUT2D eigenvalue weighted by Gasteiger charge is -2.16. The predicted molar refractivity (Wildman–Crippen MR) is 127 cm³/mol. The maximum atomic E-state index is 13.2. The number of rotatable bonds is 8. The Morgan fingerprint density at radius 3 is 2.55 bits per heavy atom. The van der Waals surface area contributed by atoms with Crippen molar-refractivity contribution in [1.29, 1.82) is 0 Å². The molecule has 1 amide bonds. The summed E-state index contributed by atoms with van der Waals surface area (Å²) >= 11 is 1.55. The van der Waals surface area contributed by atoms with Crippen molar-refractivity contribution in [2.45, 2.75) is 18.7 Å². The highest BCUT2D eigenvalue weighted by Crippen LogP contribution is 2.17. The first kappa shape index (κ1) is 24.2. The van der Waals surface area contributed by atoms with Crippen LogP contribution in [0.15, 0.2) is 76.9 Å². The molecule has 2 aromatic rings. The van der Waals surface area contributed by atoms with Crippen molar-refractivity contribution in [2.24, 2.45) is 16.8 Å². The molecular weight excluding hydrogens is 413 g/mol. The fraction of sp³-hybridized carbons (Fsp3) is 0.217. The van der Waals surface area contributed by atoms with E-state index >= 15 is 0 Å². The normalized spacial score (nSPS) is 11.9. The Bertz CT molecular complexity index is 970. The number of allylic oxidation sites excluding steroid dienone is 2. The number of carbonyl (C=O) groups excluding carboxylic acids is 1. The molecule has 0 saturated carbocycles. The van der Waals surface area contributed by atoms with Crippen molar-refractivity contribution in [3.8, 4) is 0 Å².